The van der Waals surface area contributed by atoms with Gasteiger partial charge in [-0.05, 0) is 147 Å². The highest BCUT2D eigenvalue weighted by Crippen LogP contribution is 2.79. The Balaban J connectivity index is 1.54. The molecule has 41 heavy (non-hydrogen) atoms. The first kappa shape index (κ1) is 31.6. The van der Waals surface area contributed by atoms with Crippen LogP contribution in [-0.4, -0.2) is 21.8 Å². The molecule has 0 radical (unpaired) electrons. The van der Waals surface area contributed by atoms with Gasteiger partial charge in [-0.1, -0.05) is 74.0 Å². The van der Waals surface area contributed by atoms with E-state index in [-0.39, 0.29) is 33.0 Å². The van der Waals surface area contributed by atoms with Gasteiger partial charge >= 0.3 is 5.97 Å². The Morgan fingerprint density at radius 2 is 1.49 bits per heavy atom. The summed E-state index contributed by atoms with van der Waals surface area (Å²) in [5.41, 5.74) is 0.440. The molecule has 5 fully saturated rings. The van der Waals surface area contributed by atoms with Crippen LogP contribution < -0.4 is 0 Å². The van der Waals surface area contributed by atoms with Gasteiger partial charge in [-0.3, -0.25) is 4.79 Å². The molecule has 0 bridgehead atoms. The smallest absolute Gasteiger partial charge is 0.309 e. The molecule has 0 amide bonds. The lowest BCUT2D eigenvalue weighted by atomic mass is 9.30. The van der Waals surface area contributed by atoms with Crippen molar-refractivity contribution in [1.29, 1.82) is 0 Å². The molecule has 234 valence electrons. The number of aliphatic carboxylic acids is 1. The number of carboxylic acid groups (broad SMARTS) is 1. The number of rotatable bonds is 7. The monoisotopic (exact) mass is 568 g/mol. The number of hydrogen-bond acceptors (Lipinski definition) is 2. The summed E-state index contributed by atoms with van der Waals surface area (Å²) in [7, 11) is 0. The molecule has 0 heterocycles. The van der Waals surface area contributed by atoms with Crippen molar-refractivity contribution in [2.24, 2.45) is 62.1 Å². The van der Waals surface area contributed by atoms with Crippen molar-refractivity contribution in [2.45, 2.75) is 158 Å². The third-order valence-corrected chi connectivity index (χ3v) is 16.7. The van der Waals surface area contributed by atoms with Gasteiger partial charge in [0.05, 0.1) is 11.0 Å². The molecule has 0 aliphatic heterocycles. The molecule has 5 aliphatic rings. The fraction of sp³-hybridized carbons (Fsp3) is 0.921. The Kier molecular flexibility index (Phi) is 7.58. The van der Waals surface area contributed by atoms with Gasteiger partial charge in [0.1, 0.15) is 0 Å². The summed E-state index contributed by atoms with van der Waals surface area (Å²) < 4.78 is 0. The Morgan fingerprint density at radius 3 is 2.05 bits per heavy atom. The third-order valence-electron chi connectivity index (χ3n) is 16.7. The average Bonchev–Trinajstić information content (AvgIpc) is 3.32. The van der Waals surface area contributed by atoms with Crippen LogP contribution in [0, 0.1) is 62.1 Å². The highest BCUT2D eigenvalue weighted by molar-refractivity contribution is 5.76. The van der Waals surface area contributed by atoms with Crippen molar-refractivity contribution >= 4 is 5.97 Å². The zero-order chi connectivity index (χ0) is 30.4. The van der Waals surface area contributed by atoms with Gasteiger partial charge in [-0.15, -0.1) is 0 Å². The van der Waals surface area contributed by atoms with Gasteiger partial charge in [0.25, 0.3) is 0 Å². The first-order valence-corrected chi connectivity index (χ1v) is 17.6. The molecule has 5 aliphatic carbocycles. The second-order valence-electron chi connectivity index (χ2n) is 17.5. The normalized spacial score (nSPS) is 48.9. The van der Waals surface area contributed by atoms with Crippen LogP contribution in [0.4, 0.5) is 0 Å². The van der Waals surface area contributed by atoms with Gasteiger partial charge in [-0.2, -0.15) is 0 Å². The lowest BCUT2D eigenvalue weighted by Gasteiger charge is -2.74. The van der Waals surface area contributed by atoms with Crippen LogP contribution in [0.25, 0.3) is 0 Å². The van der Waals surface area contributed by atoms with Gasteiger partial charge in [0.2, 0.25) is 0 Å². The summed E-state index contributed by atoms with van der Waals surface area (Å²) in [4.78, 5) is 13.0. The minimum absolute atomic E-state index is 0.0134. The summed E-state index contributed by atoms with van der Waals surface area (Å²) in [5.74, 6) is 1.65. The molecule has 3 nitrogen and oxygen atoms in total. The van der Waals surface area contributed by atoms with Gasteiger partial charge < -0.3 is 10.2 Å². The van der Waals surface area contributed by atoms with Crippen LogP contribution in [0.3, 0.4) is 0 Å². The van der Waals surface area contributed by atoms with E-state index in [2.05, 4.69) is 68.9 Å². The maximum Gasteiger partial charge on any atom is 0.309 e. The van der Waals surface area contributed by atoms with Gasteiger partial charge in [-0.25, -0.2) is 0 Å². The molecule has 4 unspecified atom stereocenters. The van der Waals surface area contributed by atoms with Crippen LogP contribution in [0.2, 0.25) is 0 Å². The Morgan fingerprint density at radius 1 is 0.829 bits per heavy atom. The fourth-order valence-corrected chi connectivity index (χ4v) is 14.3. The third kappa shape index (κ3) is 3.69. The molecule has 2 N–H and O–H groups in total. The maximum absolute atomic E-state index is 13.0. The Hall–Kier alpha value is -0.830. The van der Waals surface area contributed by atoms with Crippen molar-refractivity contribution in [2.75, 3.05) is 0 Å². The lowest BCUT2D eigenvalue weighted by molar-refractivity contribution is -0.289. The van der Waals surface area contributed by atoms with Crippen molar-refractivity contribution in [3.8, 4) is 0 Å². The number of allylic oxidation sites excluding steroid dienone is 1. The van der Waals surface area contributed by atoms with Crippen molar-refractivity contribution in [3.05, 3.63) is 12.2 Å². The van der Waals surface area contributed by atoms with E-state index in [0.29, 0.717) is 23.7 Å². The van der Waals surface area contributed by atoms with Crippen molar-refractivity contribution in [3.63, 3.8) is 0 Å². The molecule has 0 aromatic rings. The van der Waals surface area contributed by atoms with Crippen LogP contribution in [0.1, 0.15) is 152 Å². The van der Waals surface area contributed by atoms with Crippen molar-refractivity contribution < 1.29 is 15.0 Å². The zero-order valence-electron chi connectivity index (χ0n) is 28.3. The molecule has 3 heteroatoms. The topological polar surface area (TPSA) is 57.5 Å². The van der Waals surface area contributed by atoms with E-state index in [4.69, 9.17) is 0 Å². The molecule has 0 saturated heterocycles. The van der Waals surface area contributed by atoms with E-state index in [1.54, 1.807) is 0 Å². The van der Waals surface area contributed by atoms with Crippen LogP contribution in [0.5, 0.6) is 0 Å². The second-order valence-corrected chi connectivity index (χ2v) is 17.5. The van der Waals surface area contributed by atoms with E-state index in [1.165, 1.54) is 24.8 Å². The molecular weight excluding hydrogens is 504 g/mol. The van der Waals surface area contributed by atoms with Crippen LogP contribution in [-0.2, 0) is 4.79 Å². The summed E-state index contributed by atoms with van der Waals surface area (Å²) >= 11 is 0. The summed E-state index contributed by atoms with van der Waals surface area (Å²) in [6, 6.07) is 0. The number of hydrogen-bond donors (Lipinski definition) is 2. The lowest BCUT2D eigenvalue weighted by Crippen LogP contribution is -2.71. The highest BCUT2D eigenvalue weighted by Gasteiger charge is 2.74. The first-order chi connectivity index (χ1) is 19.0. The Bertz CT molecular complexity index is 1060. The second kappa shape index (κ2) is 9.84. The predicted octanol–water partition coefficient (Wildman–Crippen LogP) is 10.1. The van der Waals surface area contributed by atoms with Crippen LogP contribution >= 0.6 is 0 Å². The van der Waals surface area contributed by atoms with Gasteiger partial charge in [0.15, 0.2) is 0 Å². The molecule has 0 aromatic heterocycles. The summed E-state index contributed by atoms with van der Waals surface area (Å²) in [6.45, 7) is 26.2. The molecular formula is C38H64O3. The molecule has 0 aromatic carbocycles. The average molecular weight is 569 g/mol. The standard InChI is InChI=1S/C38H64O3/c1-11-18-36(12-2,13-3)38(41)24-21-33(8)28(32(38,6)7)17-19-35(10)29(33)15-14-27-30-26(25(4)5)16-20-37(30,31(39)40)23-22-34(27,35)9/h26-30,41H,4,11-24H2,1-3,5-10H3,(H,39,40)/t26-,27?,28?,29?,30?,33-,34+,35+,37-,38-/m0/s1. The Labute approximate surface area is 252 Å². The van der Waals surface area contributed by atoms with Gasteiger partial charge in [0, 0.05) is 0 Å². The number of carboxylic acids is 1. The summed E-state index contributed by atoms with van der Waals surface area (Å²) in [5, 5.41) is 23.6. The number of fused-ring (bicyclic) bond motifs is 7. The largest absolute Gasteiger partial charge is 0.481 e. The van der Waals surface area contributed by atoms with E-state index < -0.39 is 17.0 Å². The predicted molar refractivity (Wildman–Crippen MR) is 169 cm³/mol. The number of aliphatic hydroxyl groups is 1. The molecule has 10 atom stereocenters. The molecule has 5 saturated carbocycles. The number of carbonyl (C=O) groups is 1. The van der Waals surface area contributed by atoms with Crippen molar-refractivity contribution in [1.82, 2.24) is 0 Å². The fourth-order valence-electron chi connectivity index (χ4n) is 14.3. The minimum atomic E-state index is -0.636. The van der Waals surface area contributed by atoms with E-state index in [0.717, 1.165) is 70.6 Å². The van der Waals surface area contributed by atoms with E-state index in [9.17, 15) is 15.0 Å². The highest BCUT2D eigenvalue weighted by atomic mass is 16.4. The summed E-state index contributed by atoms with van der Waals surface area (Å²) in [6.07, 6.45) is 14.9. The van der Waals surface area contributed by atoms with E-state index >= 15 is 0 Å². The maximum atomic E-state index is 13.0. The SMILES string of the molecule is C=C(C)[C@@H]1CC[C@]2(C(=O)O)CC[C@]3(C)C(CCC4[C@@]5(C)CC[C@@](O)(C(CC)(CC)CCC)C(C)(C)C5CC[C@]43C)C12. The van der Waals surface area contributed by atoms with Crippen LogP contribution in [0.15, 0.2) is 12.2 Å². The zero-order valence-corrected chi connectivity index (χ0v) is 28.3. The molecule has 0 spiro atoms. The minimum Gasteiger partial charge on any atom is -0.481 e. The van der Waals surface area contributed by atoms with E-state index in [1.807, 2.05) is 0 Å². The molecule has 5 rings (SSSR count). The first-order valence-electron chi connectivity index (χ1n) is 17.6. The quantitative estimate of drug-likeness (QED) is 0.300.